The first-order chi connectivity index (χ1) is 9.32. The van der Waals surface area contributed by atoms with Crippen molar-refractivity contribution in [3.8, 4) is 0 Å². The number of rotatable bonds is 2. The minimum Gasteiger partial charge on any atom is -0.458 e. The summed E-state index contributed by atoms with van der Waals surface area (Å²) in [7, 11) is 0. The first kappa shape index (κ1) is 14.0. The van der Waals surface area contributed by atoms with Gasteiger partial charge in [-0.25, -0.2) is 4.79 Å². The molecule has 0 saturated heterocycles. The molecule has 4 aliphatic rings. The lowest BCUT2D eigenvalue weighted by Gasteiger charge is -2.53. The molecule has 0 spiro atoms. The topological polar surface area (TPSA) is 26.3 Å². The van der Waals surface area contributed by atoms with Crippen LogP contribution in [0.2, 0.25) is 0 Å². The molecule has 4 bridgehead atoms. The largest absolute Gasteiger partial charge is 0.458 e. The highest BCUT2D eigenvalue weighted by Gasteiger charge is 2.50. The van der Waals surface area contributed by atoms with Crippen LogP contribution in [-0.2, 0) is 9.53 Å². The van der Waals surface area contributed by atoms with Crippen LogP contribution in [0.15, 0.2) is 11.6 Å². The summed E-state index contributed by atoms with van der Waals surface area (Å²) in [6, 6.07) is 0. The smallest absolute Gasteiger partial charge is 0.410 e. The molecule has 4 rings (SSSR count). The first-order valence-electron chi connectivity index (χ1n) is 7.29. The van der Waals surface area contributed by atoms with Crippen molar-refractivity contribution >= 4 is 5.97 Å². The van der Waals surface area contributed by atoms with E-state index in [2.05, 4.69) is 0 Å². The van der Waals surface area contributed by atoms with Crippen molar-refractivity contribution in [2.24, 2.45) is 23.7 Å². The zero-order chi connectivity index (χ0) is 14.5. The SMILES string of the molecule is CC(=CC(F)(F)F)C(=O)OC1C2CC3CC(C2)CC1C3. The molecule has 0 unspecified atom stereocenters. The third-order valence-electron chi connectivity index (χ3n) is 5.09. The molecule has 0 N–H and O–H groups in total. The molecule has 4 saturated carbocycles. The molecule has 112 valence electrons. The van der Waals surface area contributed by atoms with Gasteiger partial charge in [-0.15, -0.1) is 0 Å². The molecular weight excluding hydrogens is 269 g/mol. The number of ether oxygens (including phenoxy) is 1. The van der Waals surface area contributed by atoms with Gasteiger partial charge in [0.1, 0.15) is 6.10 Å². The van der Waals surface area contributed by atoms with Crippen molar-refractivity contribution in [2.45, 2.75) is 51.3 Å². The van der Waals surface area contributed by atoms with Crippen molar-refractivity contribution in [1.29, 1.82) is 0 Å². The third-order valence-corrected chi connectivity index (χ3v) is 5.09. The summed E-state index contributed by atoms with van der Waals surface area (Å²) in [5.74, 6) is 1.43. The van der Waals surface area contributed by atoms with Gasteiger partial charge in [0.05, 0.1) is 0 Å². The Morgan fingerprint density at radius 3 is 2.00 bits per heavy atom. The van der Waals surface area contributed by atoms with Crippen molar-refractivity contribution in [3.63, 3.8) is 0 Å². The summed E-state index contributed by atoms with van der Waals surface area (Å²) in [4.78, 5) is 11.8. The predicted molar refractivity (Wildman–Crippen MR) is 66.7 cm³/mol. The fourth-order valence-corrected chi connectivity index (χ4v) is 4.59. The Kier molecular flexibility index (Phi) is 3.33. The number of carbonyl (C=O) groups excluding carboxylic acids is 1. The zero-order valence-electron chi connectivity index (χ0n) is 11.5. The summed E-state index contributed by atoms with van der Waals surface area (Å²) in [6.07, 6.45) is 1.01. The van der Waals surface area contributed by atoms with Gasteiger partial charge >= 0.3 is 12.1 Å². The first-order valence-corrected chi connectivity index (χ1v) is 7.29. The number of alkyl halides is 3. The molecule has 0 aliphatic heterocycles. The standard InChI is InChI=1S/C15H19F3O2/c1-8(7-15(16,17)18)14(19)20-13-11-3-9-2-10(5-11)6-12(13)4-9/h7,9-13H,2-6H2,1H3. The van der Waals surface area contributed by atoms with Crippen molar-refractivity contribution < 1.29 is 22.7 Å². The highest BCUT2D eigenvalue weighted by Crippen LogP contribution is 2.54. The second kappa shape index (κ2) is 4.78. The number of halogens is 3. The molecule has 4 fully saturated rings. The zero-order valence-corrected chi connectivity index (χ0v) is 11.5. The molecule has 2 nitrogen and oxygen atoms in total. The van der Waals surface area contributed by atoms with Crippen LogP contribution in [-0.4, -0.2) is 18.2 Å². The van der Waals surface area contributed by atoms with Crippen molar-refractivity contribution in [3.05, 3.63) is 11.6 Å². The van der Waals surface area contributed by atoms with Crippen LogP contribution in [0.4, 0.5) is 13.2 Å². The number of allylic oxidation sites excluding steroid dienone is 1. The van der Waals surface area contributed by atoms with E-state index in [1.165, 1.54) is 13.3 Å². The van der Waals surface area contributed by atoms with Gasteiger partial charge in [0.2, 0.25) is 0 Å². The fraction of sp³-hybridized carbons (Fsp3) is 0.800. The maximum Gasteiger partial charge on any atom is 0.410 e. The van der Waals surface area contributed by atoms with E-state index in [9.17, 15) is 18.0 Å². The summed E-state index contributed by atoms with van der Waals surface area (Å²) in [6.45, 7) is 1.17. The Balaban J connectivity index is 1.66. The second-order valence-electron chi connectivity index (χ2n) is 6.67. The van der Waals surface area contributed by atoms with Gasteiger partial charge in [0, 0.05) is 11.6 Å². The molecule has 0 atom stereocenters. The second-order valence-corrected chi connectivity index (χ2v) is 6.67. The van der Waals surface area contributed by atoms with Crippen LogP contribution >= 0.6 is 0 Å². The van der Waals surface area contributed by atoms with Gasteiger partial charge < -0.3 is 4.74 Å². The molecule has 5 heteroatoms. The third kappa shape index (κ3) is 2.72. The quantitative estimate of drug-likeness (QED) is 0.569. The number of esters is 1. The Bertz CT molecular complexity index is 411. The molecule has 0 aromatic heterocycles. The Hall–Kier alpha value is -1.00. The van der Waals surface area contributed by atoms with Crippen LogP contribution in [0.3, 0.4) is 0 Å². The minimum absolute atomic E-state index is 0.0331. The highest BCUT2D eigenvalue weighted by molar-refractivity contribution is 5.88. The van der Waals surface area contributed by atoms with Crippen LogP contribution < -0.4 is 0 Å². The number of hydrogen-bond donors (Lipinski definition) is 0. The maximum absolute atomic E-state index is 12.2. The highest BCUT2D eigenvalue weighted by atomic mass is 19.4. The van der Waals surface area contributed by atoms with Gasteiger partial charge in [-0.1, -0.05) is 0 Å². The molecule has 0 radical (unpaired) electrons. The van der Waals surface area contributed by atoms with Gasteiger partial charge in [-0.05, 0) is 62.7 Å². The van der Waals surface area contributed by atoms with E-state index < -0.39 is 12.1 Å². The van der Waals surface area contributed by atoms with Crippen LogP contribution in [0.5, 0.6) is 0 Å². The Morgan fingerprint density at radius 1 is 1.05 bits per heavy atom. The van der Waals surface area contributed by atoms with Crippen molar-refractivity contribution in [2.75, 3.05) is 0 Å². The maximum atomic E-state index is 12.2. The average molecular weight is 288 g/mol. The van der Waals surface area contributed by atoms with E-state index in [-0.39, 0.29) is 17.8 Å². The molecule has 0 amide bonds. The minimum atomic E-state index is -4.47. The lowest BCUT2D eigenvalue weighted by molar-refractivity contribution is -0.166. The van der Waals surface area contributed by atoms with E-state index in [1.807, 2.05) is 0 Å². The lowest BCUT2D eigenvalue weighted by Crippen LogP contribution is -2.50. The van der Waals surface area contributed by atoms with E-state index in [0.29, 0.717) is 11.8 Å². The average Bonchev–Trinajstić information content (AvgIpc) is 2.30. The summed E-state index contributed by atoms with van der Waals surface area (Å²) < 4.78 is 42.2. The van der Waals surface area contributed by atoms with Gasteiger partial charge in [0.15, 0.2) is 0 Å². The number of carbonyl (C=O) groups is 1. The van der Waals surface area contributed by atoms with E-state index in [0.717, 1.165) is 37.5 Å². The fourth-order valence-electron chi connectivity index (χ4n) is 4.59. The van der Waals surface area contributed by atoms with Crippen LogP contribution in [0.1, 0.15) is 39.0 Å². The monoisotopic (exact) mass is 288 g/mol. The molecular formula is C15H19F3O2. The van der Waals surface area contributed by atoms with E-state index >= 15 is 0 Å². The normalized spacial score (nSPS) is 40.0. The van der Waals surface area contributed by atoms with E-state index in [1.54, 1.807) is 0 Å². The van der Waals surface area contributed by atoms with E-state index in [4.69, 9.17) is 4.74 Å². The summed E-state index contributed by atoms with van der Waals surface area (Å²) in [5, 5.41) is 0. The molecule has 20 heavy (non-hydrogen) atoms. The predicted octanol–water partition coefficient (Wildman–Crippen LogP) is 3.86. The lowest BCUT2D eigenvalue weighted by atomic mass is 9.55. The number of hydrogen-bond acceptors (Lipinski definition) is 2. The van der Waals surface area contributed by atoms with Crippen molar-refractivity contribution in [1.82, 2.24) is 0 Å². The summed E-state index contributed by atoms with van der Waals surface area (Å²) in [5.41, 5.74) is -0.355. The Labute approximate surface area is 116 Å². The van der Waals surface area contributed by atoms with Gasteiger partial charge in [0.25, 0.3) is 0 Å². The van der Waals surface area contributed by atoms with Gasteiger partial charge in [-0.3, -0.25) is 0 Å². The van der Waals surface area contributed by atoms with Crippen LogP contribution in [0.25, 0.3) is 0 Å². The van der Waals surface area contributed by atoms with Gasteiger partial charge in [-0.2, -0.15) is 13.2 Å². The molecule has 4 aliphatic carbocycles. The molecule has 0 heterocycles. The molecule has 0 aromatic rings. The summed E-state index contributed by atoms with van der Waals surface area (Å²) >= 11 is 0. The molecule has 0 aromatic carbocycles. The Morgan fingerprint density at radius 2 is 1.55 bits per heavy atom. The van der Waals surface area contributed by atoms with Crippen LogP contribution in [0, 0.1) is 23.7 Å².